The Morgan fingerprint density at radius 2 is 1.91 bits per heavy atom. The van der Waals surface area contributed by atoms with Crippen LogP contribution in [-0.2, 0) is 5.60 Å². The van der Waals surface area contributed by atoms with E-state index in [1.807, 2.05) is 30.3 Å². The number of hydrogen-bond donors (Lipinski definition) is 1. The Morgan fingerprint density at radius 3 is 2.36 bits per heavy atom. The van der Waals surface area contributed by atoms with Crippen molar-refractivity contribution in [3.63, 3.8) is 0 Å². The van der Waals surface area contributed by atoms with Crippen molar-refractivity contribution < 1.29 is 5.11 Å². The molecule has 0 aliphatic heterocycles. The van der Waals surface area contributed by atoms with E-state index in [2.05, 4.69) is 11.8 Å². The van der Waals surface area contributed by atoms with Crippen LogP contribution in [0.2, 0.25) is 0 Å². The average molecular weight is 144 g/mol. The minimum atomic E-state index is -0.846. The van der Waals surface area contributed by atoms with Crippen molar-refractivity contribution in [2.75, 3.05) is 0 Å². The summed E-state index contributed by atoms with van der Waals surface area (Å²) in [5.41, 5.74) is 0.0556. The summed E-state index contributed by atoms with van der Waals surface area (Å²) in [6.45, 7) is 0. The van der Waals surface area contributed by atoms with Gasteiger partial charge in [0.25, 0.3) is 0 Å². The summed E-state index contributed by atoms with van der Waals surface area (Å²) >= 11 is 0. The second kappa shape index (κ2) is 2.11. The lowest BCUT2D eigenvalue weighted by atomic mass is 9.85. The zero-order chi connectivity index (χ0) is 7.73. The van der Waals surface area contributed by atoms with E-state index < -0.39 is 5.60 Å². The van der Waals surface area contributed by atoms with Gasteiger partial charge in [0.15, 0.2) is 5.60 Å². The third kappa shape index (κ3) is 0.923. The van der Waals surface area contributed by atoms with Gasteiger partial charge in [-0.25, -0.2) is 0 Å². The molecular formula is C10H8O. The number of hydrogen-bond acceptors (Lipinski definition) is 1. The predicted octanol–water partition coefficient (Wildman–Crippen LogP) is 1.28. The predicted molar refractivity (Wildman–Crippen MR) is 42.7 cm³/mol. The fourth-order valence-electron chi connectivity index (χ4n) is 1.14. The third-order valence-corrected chi connectivity index (χ3v) is 1.89. The van der Waals surface area contributed by atoms with E-state index in [4.69, 9.17) is 0 Å². The molecule has 0 amide bonds. The number of rotatable bonds is 1. The molecule has 54 valence electrons. The summed E-state index contributed by atoms with van der Waals surface area (Å²) in [5, 5.41) is 9.71. The maximum absolute atomic E-state index is 9.71. The van der Waals surface area contributed by atoms with Gasteiger partial charge in [-0.3, -0.25) is 0 Å². The Morgan fingerprint density at radius 1 is 1.27 bits per heavy atom. The molecule has 2 rings (SSSR count). The van der Waals surface area contributed by atoms with Crippen LogP contribution in [-0.4, -0.2) is 5.11 Å². The first-order chi connectivity index (χ1) is 5.31. The quantitative estimate of drug-likeness (QED) is 0.589. The van der Waals surface area contributed by atoms with Crippen molar-refractivity contribution in [1.29, 1.82) is 0 Å². The summed E-state index contributed by atoms with van der Waals surface area (Å²) in [7, 11) is 0. The maximum atomic E-state index is 9.71. The molecule has 0 radical (unpaired) electrons. The minimum absolute atomic E-state index is 0.566. The molecule has 1 aromatic carbocycles. The Labute approximate surface area is 65.7 Å². The first-order valence-electron chi connectivity index (χ1n) is 3.59. The van der Waals surface area contributed by atoms with E-state index in [1.54, 1.807) is 0 Å². The van der Waals surface area contributed by atoms with Crippen LogP contribution in [0.15, 0.2) is 30.3 Å². The summed E-state index contributed by atoms with van der Waals surface area (Å²) < 4.78 is 0. The molecule has 1 unspecified atom stereocenters. The van der Waals surface area contributed by atoms with Crippen LogP contribution < -0.4 is 0 Å². The molecule has 0 heterocycles. The van der Waals surface area contributed by atoms with Crippen molar-refractivity contribution in [1.82, 2.24) is 0 Å². The summed E-state index contributed by atoms with van der Waals surface area (Å²) in [6, 6.07) is 9.54. The fraction of sp³-hybridized carbons (Fsp3) is 0.200. The zero-order valence-electron chi connectivity index (χ0n) is 6.04. The second-order valence-electron chi connectivity index (χ2n) is 2.70. The lowest BCUT2D eigenvalue weighted by Gasteiger charge is -2.25. The first-order valence-corrected chi connectivity index (χ1v) is 3.59. The normalized spacial score (nSPS) is 26.6. The highest BCUT2D eigenvalue weighted by Gasteiger charge is 2.30. The van der Waals surface area contributed by atoms with Gasteiger partial charge in [0.1, 0.15) is 0 Å². The molecule has 0 saturated carbocycles. The summed E-state index contributed by atoms with van der Waals surface area (Å²) in [6.07, 6.45) is 0.566. The number of benzene rings is 1. The van der Waals surface area contributed by atoms with Crippen molar-refractivity contribution in [2.45, 2.75) is 12.0 Å². The molecular weight excluding hydrogens is 136 g/mol. The molecule has 1 heteroatoms. The minimum Gasteiger partial charge on any atom is -0.372 e. The lowest BCUT2D eigenvalue weighted by molar-refractivity contribution is 0.0947. The van der Waals surface area contributed by atoms with Crippen LogP contribution >= 0.6 is 0 Å². The molecule has 0 fully saturated rings. The second-order valence-corrected chi connectivity index (χ2v) is 2.70. The Bertz CT molecular complexity index is 318. The van der Waals surface area contributed by atoms with E-state index in [1.165, 1.54) is 0 Å². The third-order valence-electron chi connectivity index (χ3n) is 1.89. The van der Waals surface area contributed by atoms with Gasteiger partial charge in [0.05, 0.1) is 6.42 Å². The van der Waals surface area contributed by atoms with Gasteiger partial charge in [-0.05, 0) is 5.56 Å². The van der Waals surface area contributed by atoms with Crippen LogP contribution in [0.3, 0.4) is 0 Å². The fourth-order valence-corrected chi connectivity index (χ4v) is 1.14. The van der Waals surface area contributed by atoms with Crippen molar-refractivity contribution >= 4 is 0 Å². The monoisotopic (exact) mass is 144 g/mol. The summed E-state index contributed by atoms with van der Waals surface area (Å²) in [5.74, 6) is 5.54. The lowest BCUT2D eigenvalue weighted by Crippen LogP contribution is -2.27. The van der Waals surface area contributed by atoms with E-state index in [0.29, 0.717) is 6.42 Å². The van der Waals surface area contributed by atoms with Crippen LogP contribution in [0.25, 0.3) is 0 Å². The highest BCUT2D eigenvalue weighted by Crippen LogP contribution is 2.28. The molecule has 1 aliphatic rings. The Kier molecular flexibility index (Phi) is 1.24. The molecule has 1 nitrogen and oxygen atoms in total. The molecule has 0 bridgehead atoms. The first kappa shape index (κ1) is 6.45. The molecule has 1 aromatic rings. The number of aliphatic hydroxyl groups is 1. The summed E-state index contributed by atoms with van der Waals surface area (Å²) in [4.78, 5) is 0. The van der Waals surface area contributed by atoms with Gasteiger partial charge in [-0.15, -0.1) is 0 Å². The van der Waals surface area contributed by atoms with Crippen molar-refractivity contribution in [3.05, 3.63) is 35.9 Å². The molecule has 0 spiro atoms. The smallest absolute Gasteiger partial charge is 0.161 e. The zero-order valence-corrected chi connectivity index (χ0v) is 6.04. The Balaban J connectivity index is 2.40. The van der Waals surface area contributed by atoms with Crippen LogP contribution in [0.1, 0.15) is 12.0 Å². The van der Waals surface area contributed by atoms with Gasteiger partial charge in [0.2, 0.25) is 0 Å². The highest BCUT2D eigenvalue weighted by atomic mass is 16.3. The van der Waals surface area contributed by atoms with Crippen molar-refractivity contribution in [2.24, 2.45) is 0 Å². The molecule has 1 N–H and O–H groups in total. The topological polar surface area (TPSA) is 20.2 Å². The van der Waals surface area contributed by atoms with Crippen LogP contribution in [0.5, 0.6) is 0 Å². The van der Waals surface area contributed by atoms with Crippen molar-refractivity contribution in [3.8, 4) is 11.8 Å². The average Bonchev–Trinajstić information content (AvgIpc) is 2.02. The highest BCUT2D eigenvalue weighted by molar-refractivity contribution is 5.39. The van der Waals surface area contributed by atoms with Gasteiger partial charge in [-0.1, -0.05) is 42.2 Å². The van der Waals surface area contributed by atoms with Crippen LogP contribution in [0, 0.1) is 11.8 Å². The van der Waals surface area contributed by atoms with E-state index in [9.17, 15) is 5.11 Å². The van der Waals surface area contributed by atoms with E-state index >= 15 is 0 Å². The SMILES string of the molecule is OC1(c2ccccc2)C#CC1. The maximum Gasteiger partial charge on any atom is 0.161 e. The van der Waals surface area contributed by atoms with E-state index in [0.717, 1.165) is 5.56 Å². The standard InChI is InChI=1S/C10H8O/c11-10(7-4-8-10)9-5-2-1-3-6-9/h1-3,5-6,11H,7H2. The van der Waals surface area contributed by atoms with Gasteiger partial charge < -0.3 is 5.11 Å². The van der Waals surface area contributed by atoms with Gasteiger partial charge in [0, 0.05) is 0 Å². The van der Waals surface area contributed by atoms with E-state index in [-0.39, 0.29) is 0 Å². The van der Waals surface area contributed by atoms with Gasteiger partial charge >= 0.3 is 0 Å². The molecule has 11 heavy (non-hydrogen) atoms. The largest absolute Gasteiger partial charge is 0.372 e. The Hall–Kier alpha value is -1.26. The molecule has 0 saturated heterocycles. The molecule has 1 atom stereocenters. The van der Waals surface area contributed by atoms with Crippen LogP contribution in [0.4, 0.5) is 0 Å². The van der Waals surface area contributed by atoms with Gasteiger partial charge in [-0.2, -0.15) is 0 Å². The molecule has 1 aliphatic carbocycles. The molecule has 0 aromatic heterocycles.